The molecule has 0 N–H and O–H groups in total. The van der Waals surface area contributed by atoms with Gasteiger partial charge in [-0.15, -0.1) is 0 Å². The van der Waals surface area contributed by atoms with Gasteiger partial charge in [0.1, 0.15) is 13.2 Å². The molecule has 0 saturated heterocycles. The molecule has 8 nitrogen and oxygen atoms in total. The molecule has 0 heterocycles. The normalized spacial score (nSPS) is 11.3. The lowest BCUT2D eigenvalue weighted by atomic mass is 10.2. The number of carbonyl (C=O) groups excluding carboxylic acids is 4. The van der Waals surface area contributed by atoms with Crippen LogP contribution in [0.1, 0.15) is 27.7 Å². The standard InChI is InChI=1S/C15H22O8/c1-9(2)13(17)20-6-7-21-15(19)11(5)23-12(16)8-22-14(18)10(3)4/h10-11H,1,6-8H2,2-5H3. The van der Waals surface area contributed by atoms with Crippen molar-refractivity contribution >= 4 is 23.9 Å². The van der Waals surface area contributed by atoms with Crippen molar-refractivity contribution in [2.75, 3.05) is 19.8 Å². The van der Waals surface area contributed by atoms with Gasteiger partial charge in [0.2, 0.25) is 0 Å². The topological polar surface area (TPSA) is 105 Å². The third-order valence-corrected chi connectivity index (χ3v) is 2.35. The zero-order valence-electron chi connectivity index (χ0n) is 13.7. The number of esters is 4. The Bertz CT molecular complexity index is 466. The predicted molar refractivity (Wildman–Crippen MR) is 78.1 cm³/mol. The van der Waals surface area contributed by atoms with Crippen molar-refractivity contribution in [3.05, 3.63) is 12.2 Å². The largest absolute Gasteiger partial charge is 0.459 e. The Hall–Kier alpha value is -2.38. The van der Waals surface area contributed by atoms with E-state index in [9.17, 15) is 19.2 Å². The van der Waals surface area contributed by atoms with Gasteiger partial charge in [0.15, 0.2) is 12.7 Å². The van der Waals surface area contributed by atoms with Crippen molar-refractivity contribution in [2.24, 2.45) is 5.92 Å². The van der Waals surface area contributed by atoms with Gasteiger partial charge in [-0.2, -0.15) is 0 Å². The number of rotatable bonds is 9. The van der Waals surface area contributed by atoms with Crippen molar-refractivity contribution in [1.82, 2.24) is 0 Å². The first-order valence-corrected chi connectivity index (χ1v) is 7.00. The van der Waals surface area contributed by atoms with E-state index < -0.39 is 36.6 Å². The fraction of sp³-hybridized carbons (Fsp3) is 0.600. The first kappa shape index (κ1) is 20.6. The van der Waals surface area contributed by atoms with E-state index in [1.54, 1.807) is 13.8 Å². The molecule has 0 bridgehead atoms. The number of carbonyl (C=O) groups is 4. The van der Waals surface area contributed by atoms with Crippen molar-refractivity contribution in [3.63, 3.8) is 0 Å². The van der Waals surface area contributed by atoms with E-state index >= 15 is 0 Å². The quantitative estimate of drug-likeness (QED) is 0.264. The summed E-state index contributed by atoms with van der Waals surface area (Å²) in [7, 11) is 0. The summed E-state index contributed by atoms with van der Waals surface area (Å²) in [6.07, 6.45) is -1.17. The Labute approximate surface area is 134 Å². The maximum atomic E-state index is 11.5. The smallest absolute Gasteiger partial charge is 0.347 e. The lowest BCUT2D eigenvalue weighted by molar-refractivity contribution is -0.173. The van der Waals surface area contributed by atoms with Crippen molar-refractivity contribution in [3.8, 4) is 0 Å². The first-order chi connectivity index (χ1) is 10.6. The zero-order chi connectivity index (χ0) is 18.0. The highest BCUT2D eigenvalue weighted by Crippen LogP contribution is 2.00. The molecular weight excluding hydrogens is 308 g/mol. The van der Waals surface area contributed by atoms with Crippen molar-refractivity contribution < 1.29 is 38.1 Å². The van der Waals surface area contributed by atoms with Gasteiger partial charge in [-0.1, -0.05) is 20.4 Å². The number of ether oxygens (including phenoxy) is 4. The lowest BCUT2D eigenvalue weighted by Gasteiger charge is -2.13. The molecular formula is C15H22O8. The first-order valence-electron chi connectivity index (χ1n) is 7.00. The molecule has 0 aromatic rings. The van der Waals surface area contributed by atoms with Crippen LogP contribution in [0.25, 0.3) is 0 Å². The molecule has 0 spiro atoms. The summed E-state index contributed by atoms with van der Waals surface area (Å²) >= 11 is 0. The van der Waals surface area contributed by atoms with Crippen molar-refractivity contribution in [1.29, 1.82) is 0 Å². The van der Waals surface area contributed by atoms with E-state index in [4.69, 9.17) is 14.2 Å². The van der Waals surface area contributed by atoms with Crippen LogP contribution in [0.5, 0.6) is 0 Å². The zero-order valence-corrected chi connectivity index (χ0v) is 13.7. The van der Waals surface area contributed by atoms with Gasteiger partial charge in [0, 0.05) is 5.57 Å². The predicted octanol–water partition coefficient (Wildman–Crippen LogP) is 0.780. The van der Waals surface area contributed by atoms with E-state index in [2.05, 4.69) is 11.3 Å². The van der Waals surface area contributed by atoms with Gasteiger partial charge < -0.3 is 18.9 Å². The Morgan fingerprint density at radius 2 is 1.48 bits per heavy atom. The molecule has 0 aromatic heterocycles. The van der Waals surface area contributed by atoms with Gasteiger partial charge >= 0.3 is 23.9 Å². The van der Waals surface area contributed by atoms with Crippen LogP contribution in [0, 0.1) is 5.92 Å². The van der Waals surface area contributed by atoms with Crippen LogP contribution in [0.15, 0.2) is 12.2 Å². The fourth-order valence-electron chi connectivity index (χ4n) is 1.09. The summed E-state index contributed by atoms with van der Waals surface area (Å²) in [5.74, 6) is -3.17. The molecule has 0 radical (unpaired) electrons. The van der Waals surface area contributed by atoms with Gasteiger partial charge in [0.05, 0.1) is 5.92 Å². The van der Waals surface area contributed by atoms with Crippen LogP contribution in [0.3, 0.4) is 0 Å². The molecule has 0 aliphatic heterocycles. The molecule has 1 unspecified atom stereocenters. The average molecular weight is 330 g/mol. The van der Waals surface area contributed by atoms with E-state index in [0.717, 1.165) is 0 Å². The van der Waals surface area contributed by atoms with Crippen molar-refractivity contribution in [2.45, 2.75) is 33.8 Å². The molecule has 0 saturated carbocycles. The number of hydrogen-bond acceptors (Lipinski definition) is 8. The van der Waals surface area contributed by atoms with Gasteiger partial charge in [-0.25, -0.2) is 14.4 Å². The Morgan fingerprint density at radius 1 is 0.913 bits per heavy atom. The third-order valence-electron chi connectivity index (χ3n) is 2.35. The molecule has 0 aromatic carbocycles. The minimum Gasteiger partial charge on any atom is -0.459 e. The molecule has 0 amide bonds. The maximum Gasteiger partial charge on any atom is 0.347 e. The summed E-state index contributed by atoms with van der Waals surface area (Å²) in [5.41, 5.74) is 0.231. The van der Waals surface area contributed by atoms with Crippen LogP contribution < -0.4 is 0 Å². The highest BCUT2D eigenvalue weighted by atomic mass is 16.6. The molecule has 8 heteroatoms. The SMILES string of the molecule is C=C(C)C(=O)OCCOC(=O)C(C)OC(=O)COC(=O)C(C)C. The number of hydrogen-bond donors (Lipinski definition) is 0. The van der Waals surface area contributed by atoms with Crippen LogP contribution in [-0.2, 0) is 38.1 Å². The Kier molecular flexibility index (Phi) is 9.29. The average Bonchev–Trinajstić information content (AvgIpc) is 2.48. The van der Waals surface area contributed by atoms with Gasteiger partial charge in [0.25, 0.3) is 0 Å². The molecule has 23 heavy (non-hydrogen) atoms. The highest BCUT2D eigenvalue weighted by Gasteiger charge is 2.20. The summed E-state index contributed by atoms with van der Waals surface area (Å²) in [4.78, 5) is 45.2. The summed E-state index contributed by atoms with van der Waals surface area (Å²) in [5, 5.41) is 0. The van der Waals surface area contributed by atoms with E-state index in [1.165, 1.54) is 13.8 Å². The summed E-state index contributed by atoms with van der Waals surface area (Å²) in [6, 6.07) is 0. The van der Waals surface area contributed by atoms with Crippen LogP contribution in [0.4, 0.5) is 0 Å². The lowest BCUT2D eigenvalue weighted by Crippen LogP contribution is -2.30. The second kappa shape index (κ2) is 10.4. The minimum atomic E-state index is -1.17. The van der Waals surface area contributed by atoms with E-state index in [-0.39, 0.29) is 24.7 Å². The van der Waals surface area contributed by atoms with Gasteiger partial charge in [-0.05, 0) is 13.8 Å². The fourth-order valence-corrected chi connectivity index (χ4v) is 1.09. The molecule has 0 rings (SSSR count). The molecule has 0 aliphatic carbocycles. The van der Waals surface area contributed by atoms with Crippen LogP contribution in [-0.4, -0.2) is 49.8 Å². The Balaban J connectivity index is 3.97. The molecule has 130 valence electrons. The molecule has 0 aliphatic rings. The second-order valence-corrected chi connectivity index (χ2v) is 4.98. The molecule has 1 atom stereocenters. The maximum absolute atomic E-state index is 11.5. The Morgan fingerprint density at radius 3 is 2.00 bits per heavy atom. The van der Waals surface area contributed by atoms with E-state index in [1.807, 2.05) is 0 Å². The monoisotopic (exact) mass is 330 g/mol. The second-order valence-electron chi connectivity index (χ2n) is 4.98. The summed E-state index contributed by atoms with van der Waals surface area (Å²) < 4.78 is 18.9. The van der Waals surface area contributed by atoms with Gasteiger partial charge in [-0.3, -0.25) is 4.79 Å². The van der Waals surface area contributed by atoms with E-state index in [0.29, 0.717) is 0 Å². The van der Waals surface area contributed by atoms with Crippen LogP contribution in [0.2, 0.25) is 0 Å². The van der Waals surface area contributed by atoms with Crippen LogP contribution >= 0.6 is 0 Å². The summed E-state index contributed by atoms with van der Waals surface area (Å²) in [6.45, 7) is 8.54. The third kappa shape index (κ3) is 9.28. The highest BCUT2D eigenvalue weighted by molar-refractivity contribution is 5.87. The molecule has 0 fully saturated rings. The minimum absolute atomic E-state index is 0.135.